The van der Waals surface area contributed by atoms with Crippen molar-refractivity contribution in [2.75, 3.05) is 23.7 Å². The van der Waals surface area contributed by atoms with Gasteiger partial charge in [-0.3, -0.25) is 9.97 Å². The summed E-state index contributed by atoms with van der Waals surface area (Å²) in [5.74, 6) is 0. The standard InChI is InChI=1S/C19H19N3S.C18H18ClN3S.C2H6/c1-3-11-21-19-22-13-17(23-19)16-10-7-12-20-18(16)15-9-6-5-8-14(15)4-2;1-3-10-20-18-21-11-16(23-18)14-9-8-12(2)22-17(14)13-6-4-5-7-15(13)19;1-2/h4-10,12-13H,2-3,11H2,1H3,(H,21,22);4-9,11H,3,10H2,1-2H3,(H,20,21);1-2H3. The highest BCUT2D eigenvalue weighted by Crippen LogP contribution is 2.39. The zero-order valence-corrected chi connectivity index (χ0v) is 30.6. The summed E-state index contributed by atoms with van der Waals surface area (Å²) in [7, 11) is 0. The predicted octanol–water partition coefficient (Wildman–Crippen LogP) is 12.0. The highest BCUT2D eigenvalue weighted by atomic mass is 35.5. The quantitative estimate of drug-likeness (QED) is 0.141. The van der Waals surface area contributed by atoms with E-state index in [4.69, 9.17) is 16.6 Å². The van der Waals surface area contributed by atoms with Crippen molar-refractivity contribution in [3.05, 3.63) is 114 Å². The zero-order valence-electron chi connectivity index (χ0n) is 28.3. The summed E-state index contributed by atoms with van der Waals surface area (Å²) >= 11 is 9.68. The molecule has 0 aliphatic heterocycles. The Morgan fingerprint density at radius 3 is 1.85 bits per heavy atom. The van der Waals surface area contributed by atoms with Crippen molar-refractivity contribution in [3.8, 4) is 43.4 Å². The van der Waals surface area contributed by atoms with Gasteiger partial charge in [0.1, 0.15) is 0 Å². The number of benzene rings is 2. The number of thiazole rings is 2. The van der Waals surface area contributed by atoms with Crippen molar-refractivity contribution in [1.82, 2.24) is 19.9 Å². The third-order valence-corrected chi connectivity index (χ3v) is 9.31. The molecule has 0 atom stereocenters. The molecule has 6 rings (SSSR count). The van der Waals surface area contributed by atoms with Crippen LogP contribution >= 0.6 is 34.3 Å². The van der Waals surface area contributed by atoms with Gasteiger partial charge in [-0.2, -0.15) is 0 Å². The number of rotatable bonds is 11. The van der Waals surface area contributed by atoms with Gasteiger partial charge in [0.2, 0.25) is 0 Å². The molecule has 0 saturated carbocycles. The summed E-state index contributed by atoms with van der Waals surface area (Å²) in [4.78, 5) is 20.5. The molecule has 4 heterocycles. The summed E-state index contributed by atoms with van der Waals surface area (Å²) < 4.78 is 0. The van der Waals surface area contributed by atoms with E-state index in [-0.39, 0.29) is 0 Å². The first-order chi connectivity index (χ1) is 23.5. The van der Waals surface area contributed by atoms with Crippen LogP contribution in [0.2, 0.25) is 5.02 Å². The van der Waals surface area contributed by atoms with Crippen molar-refractivity contribution >= 4 is 50.6 Å². The lowest BCUT2D eigenvalue weighted by Gasteiger charge is -2.09. The number of aromatic nitrogens is 4. The zero-order chi connectivity index (χ0) is 34.3. The lowest BCUT2D eigenvalue weighted by Crippen LogP contribution is -1.97. The minimum Gasteiger partial charge on any atom is -0.362 e. The molecule has 2 N–H and O–H groups in total. The molecule has 248 valence electrons. The molecule has 6 aromatic rings. The van der Waals surface area contributed by atoms with Gasteiger partial charge in [0.15, 0.2) is 10.3 Å². The Morgan fingerprint density at radius 1 is 0.688 bits per heavy atom. The molecule has 0 unspecified atom stereocenters. The Morgan fingerprint density at radius 2 is 1.25 bits per heavy atom. The molecule has 0 fully saturated rings. The second kappa shape index (κ2) is 18.8. The van der Waals surface area contributed by atoms with Gasteiger partial charge in [0.05, 0.1) is 21.1 Å². The average Bonchev–Trinajstić information content (AvgIpc) is 3.81. The van der Waals surface area contributed by atoms with Gasteiger partial charge in [-0.15, -0.1) is 0 Å². The maximum absolute atomic E-state index is 6.38. The van der Waals surface area contributed by atoms with Crippen molar-refractivity contribution in [1.29, 1.82) is 0 Å². The van der Waals surface area contributed by atoms with Crippen molar-refractivity contribution in [2.45, 2.75) is 47.5 Å². The Kier molecular flexibility index (Phi) is 14.3. The molecule has 0 aliphatic carbocycles. The number of hydrogen-bond donors (Lipinski definition) is 2. The molecule has 4 aromatic heterocycles. The highest BCUT2D eigenvalue weighted by molar-refractivity contribution is 7.19. The Balaban J connectivity index is 0.000000206. The van der Waals surface area contributed by atoms with Gasteiger partial charge in [0.25, 0.3) is 0 Å². The third kappa shape index (κ3) is 9.37. The second-order valence-electron chi connectivity index (χ2n) is 10.4. The van der Waals surface area contributed by atoms with Crippen LogP contribution in [-0.4, -0.2) is 33.0 Å². The van der Waals surface area contributed by atoms with E-state index in [0.717, 1.165) is 90.8 Å². The van der Waals surface area contributed by atoms with Gasteiger partial charge in [-0.25, -0.2) is 9.97 Å². The van der Waals surface area contributed by atoms with Gasteiger partial charge < -0.3 is 10.6 Å². The van der Waals surface area contributed by atoms with E-state index >= 15 is 0 Å². The Bertz CT molecular complexity index is 1900. The largest absolute Gasteiger partial charge is 0.362 e. The first-order valence-electron chi connectivity index (χ1n) is 16.3. The Hall–Kier alpha value is -4.37. The number of aryl methyl sites for hydroxylation is 1. The molecule has 0 spiro atoms. The van der Waals surface area contributed by atoms with Gasteiger partial charge >= 0.3 is 0 Å². The number of halogens is 1. The van der Waals surface area contributed by atoms with Crippen LogP contribution in [0.15, 0.2) is 98.0 Å². The number of hydrogen-bond acceptors (Lipinski definition) is 8. The van der Waals surface area contributed by atoms with Crippen LogP contribution in [0, 0.1) is 6.92 Å². The molecular formula is C39H43ClN6S2. The van der Waals surface area contributed by atoms with E-state index < -0.39 is 0 Å². The minimum absolute atomic E-state index is 0.709. The van der Waals surface area contributed by atoms with E-state index in [0.29, 0.717) is 5.02 Å². The number of anilines is 2. The van der Waals surface area contributed by atoms with Crippen molar-refractivity contribution in [3.63, 3.8) is 0 Å². The molecule has 0 saturated heterocycles. The maximum Gasteiger partial charge on any atom is 0.183 e. The first-order valence-corrected chi connectivity index (χ1v) is 18.3. The summed E-state index contributed by atoms with van der Waals surface area (Å²) in [6, 6.07) is 24.2. The van der Waals surface area contributed by atoms with Crippen LogP contribution in [0.3, 0.4) is 0 Å². The second-order valence-corrected chi connectivity index (χ2v) is 12.9. The fourth-order valence-electron chi connectivity index (χ4n) is 4.75. The lowest BCUT2D eigenvalue weighted by molar-refractivity contribution is 0.976. The molecule has 0 bridgehead atoms. The summed E-state index contributed by atoms with van der Waals surface area (Å²) in [5, 5.41) is 9.26. The van der Waals surface area contributed by atoms with Crippen LogP contribution in [0.25, 0.3) is 49.5 Å². The van der Waals surface area contributed by atoms with E-state index in [9.17, 15) is 0 Å². The molecule has 0 radical (unpaired) electrons. The lowest BCUT2D eigenvalue weighted by atomic mass is 10.00. The van der Waals surface area contributed by atoms with Gasteiger partial charge in [-0.1, -0.05) is 117 Å². The van der Waals surface area contributed by atoms with Crippen LogP contribution < -0.4 is 10.6 Å². The third-order valence-electron chi connectivity index (χ3n) is 7.00. The van der Waals surface area contributed by atoms with Crippen LogP contribution in [0.1, 0.15) is 51.8 Å². The fourth-order valence-corrected chi connectivity index (χ4v) is 6.71. The van der Waals surface area contributed by atoms with E-state index in [1.165, 1.54) is 0 Å². The normalized spacial score (nSPS) is 10.3. The molecular weight excluding hydrogens is 652 g/mol. The minimum atomic E-state index is 0.709. The number of pyridine rings is 2. The van der Waals surface area contributed by atoms with Gasteiger partial charge in [0, 0.05) is 64.7 Å². The van der Waals surface area contributed by atoms with Crippen molar-refractivity contribution < 1.29 is 0 Å². The molecule has 0 amide bonds. The highest BCUT2D eigenvalue weighted by Gasteiger charge is 2.15. The van der Waals surface area contributed by atoms with Crippen LogP contribution in [-0.2, 0) is 0 Å². The van der Waals surface area contributed by atoms with E-state index in [2.05, 4.69) is 70.3 Å². The van der Waals surface area contributed by atoms with Gasteiger partial charge in [-0.05, 0) is 55.7 Å². The fraction of sp³-hybridized carbons (Fsp3) is 0.231. The van der Waals surface area contributed by atoms with E-state index in [1.54, 1.807) is 22.7 Å². The summed E-state index contributed by atoms with van der Waals surface area (Å²) in [5.41, 5.74) is 8.13. The number of nitrogens with one attached hydrogen (secondary N) is 2. The van der Waals surface area contributed by atoms with Crippen LogP contribution in [0.4, 0.5) is 10.3 Å². The summed E-state index contributed by atoms with van der Waals surface area (Å²) in [6.45, 7) is 16.1. The predicted molar refractivity (Wildman–Crippen MR) is 210 cm³/mol. The topological polar surface area (TPSA) is 75.6 Å². The van der Waals surface area contributed by atoms with Crippen LogP contribution in [0.5, 0.6) is 0 Å². The smallest absolute Gasteiger partial charge is 0.183 e. The van der Waals surface area contributed by atoms with E-state index in [1.807, 2.05) is 94.0 Å². The van der Waals surface area contributed by atoms with Crippen molar-refractivity contribution in [2.24, 2.45) is 0 Å². The SMILES string of the molecule is C=Cc1ccccc1-c1ncccc1-c1cnc(NCCC)s1.CC.CCCNc1ncc(-c2ccc(C)nc2-c2ccccc2Cl)s1. The molecule has 2 aromatic carbocycles. The average molecular weight is 695 g/mol. The molecule has 48 heavy (non-hydrogen) atoms. The maximum atomic E-state index is 6.38. The molecule has 0 aliphatic rings. The Labute approximate surface area is 298 Å². The molecule has 6 nitrogen and oxygen atoms in total. The molecule has 9 heteroatoms. The number of nitrogens with zero attached hydrogens (tertiary/aromatic N) is 4. The first kappa shape index (κ1) is 36.5. The summed E-state index contributed by atoms with van der Waals surface area (Å²) in [6.07, 6.45) is 9.67. The monoisotopic (exact) mass is 694 g/mol.